The van der Waals surface area contributed by atoms with Crippen molar-refractivity contribution in [2.24, 2.45) is 0 Å². The standard InChI is InChI=1S/C11H20BrN3O2S/c1-5-13-10(7-18(4,16)17)11-9(12)6-14-15(11)8(2)3/h6,8,10,13H,5,7H2,1-4H3. The zero-order valence-electron chi connectivity index (χ0n) is 11.1. The van der Waals surface area contributed by atoms with Gasteiger partial charge in [0.1, 0.15) is 9.84 Å². The molecular weight excluding hydrogens is 318 g/mol. The molecule has 0 saturated carbocycles. The maximum absolute atomic E-state index is 11.5. The average Bonchev–Trinajstić information content (AvgIpc) is 2.57. The van der Waals surface area contributed by atoms with E-state index in [2.05, 4.69) is 26.3 Å². The highest BCUT2D eigenvalue weighted by Crippen LogP contribution is 2.26. The molecule has 0 spiro atoms. The SMILES string of the molecule is CCNC(CS(C)(=O)=O)c1c(Br)cnn1C(C)C. The Labute approximate surface area is 117 Å². The van der Waals surface area contributed by atoms with Gasteiger partial charge in [-0.3, -0.25) is 4.68 Å². The lowest BCUT2D eigenvalue weighted by molar-refractivity contribution is 0.462. The smallest absolute Gasteiger partial charge is 0.149 e. The highest BCUT2D eigenvalue weighted by atomic mass is 79.9. The Morgan fingerprint density at radius 2 is 2.11 bits per heavy atom. The highest BCUT2D eigenvalue weighted by Gasteiger charge is 2.24. The van der Waals surface area contributed by atoms with Gasteiger partial charge in [0, 0.05) is 12.3 Å². The minimum atomic E-state index is -3.06. The lowest BCUT2D eigenvalue weighted by Gasteiger charge is -2.21. The predicted molar refractivity (Wildman–Crippen MR) is 76.4 cm³/mol. The van der Waals surface area contributed by atoms with Gasteiger partial charge in [-0.25, -0.2) is 8.42 Å². The van der Waals surface area contributed by atoms with E-state index in [0.717, 1.165) is 10.2 Å². The van der Waals surface area contributed by atoms with Crippen LogP contribution >= 0.6 is 15.9 Å². The van der Waals surface area contributed by atoms with Crippen LogP contribution in [0.25, 0.3) is 0 Å². The third kappa shape index (κ3) is 4.07. The van der Waals surface area contributed by atoms with Gasteiger partial charge in [-0.15, -0.1) is 0 Å². The first kappa shape index (κ1) is 15.7. The summed E-state index contributed by atoms with van der Waals surface area (Å²) in [5, 5.41) is 7.49. The van der Waals surface area contributed by atoms with Gasteiger partial charge < -0.3 is 5.32 Å². The van der Waals surface area contributed by atoms with E-state index in [0.29, 0.717) is 6.54 Å². The van der Waals surface area contributed by atoms with Gasteiger partial charge in [-0.2, -0.15) is 5.10 Å². The molecule has 1 aromatic rings. The van der Waals surface area contributed by atoms with Crippen molar-refractivity contribution >= 4 is 25.8 Å². The van der Waals surface area contributed by atoms with E-state index in [1.165, 1.54) is 6.26 Å². The molecule has 0 aromatic carbocycles. The van der Waals surface area contributed by atoms with Crippen molar-refractivity contribution in [1.29, 1.82) is 0 Å². The zero-order valence-corrected chi connectivity index (χ0v) is 13.5. The molecule has 0 aliphatic rings. The fraction of sp³-hybridized carbons (Fsp3) is 0.727. The van der Waals surface area contributed by atoms with E-state index in [4.69, 9.17) is 0 Å². The fourth-order valence-corrected chi connectivity index (χ4v) is 3.30. The summed E-state index contributed by atoms with van der Waals surface area (Å²) in [7, 11) is -3.06. The summed E-state index contributed by atoms with van der Waals surface area (Å²) in [6.45, 7) is 6.70. The zero-order chi connectivity index (χ0) is 13.9. The number of sulfone groups is 1. The second-order valence-electron chi connectivity index (χ2n) is 4.62. The molecule has 0 bridgehead atoms. The Hall–Kier alpha value is -0.400. The van der Waals surface area contributed by atoms with Crippen LogP contribution < -0.4 is 5.32 Å². The Morgan fingerprint density at radius 1 is 1.50 bits per heavy atom. The average molecular weight is 338 g/mol. The fourth-order valence-electron chi connectivity index (χ4n) is 1.87. The van der Waals surface area contributed by atoms with Crippen LogP contribution in [0.2, 0.25) is 0 Å². The molecule has 0 radical (unpaired) electrons. The van der Waals surface area contributed by atoms with Crippen molar-refractivity contribution in [3.05, 3.63) is 16.4 Å². The van der Waals surface area contributed by atoms with Gasteiger partial charge >= 0.3 is 0 Å². The van der Waals surface area contributed by atoms with E-state index >= 15 is 0 Å². The Morgan fingerprint density at radius 3 is 2.56 bits per heavy atom. The van der Waals surface area contributed by atoms with Crippen LogP contribution in [0.15, 0.2) is 10.7 Å². The van der Waals surface area contributed by atoms with Crippen LogP contribution in [0.3, 0.4) is 0 Å². The lowest BCUT2D eigenvalue weighted by atomic mass is 10.2. The number of rotatable bonds is 6. The molecule has 1 rings (SSSR count). The summed E-state index contributed by atoms with van der Waals surface area (Å²) in [5.41, 5.74) is 0.886. The number of hydrogen-bond donors (Lipinski definition) is 1. The van der Waals surface area contributed by atoms with Crippen LogP contribution in [-0.4, -0.2) is 36.8 Å². The summed E-state index contributed by atoms with van der Waals surface area (Å²) in [4.78, 5) is 0. The predicted octanol–water partition coefficient (Wildman–Crippen LogP) is 1.92. The third-order valence-electron chi connectivity index (χ3n) is 2.53. The van der Waals surface area contributed by atoms with E-state index < -0.39 is 9.84 Å². The van der Waals surface area contributed by atoms with Gasteiger partial charge in [-0.05, 0) is 36.3 Å². The molecule has 1 heterocycles. The van der Waals surface area contributed by atoms with Crippen molar-refractivity contribution in [1.82, 2.24) is 15.1 Å². The molecule has 104 valence electrons. The van der Waals surface area contributed by atoms with Crippen molar-refractivity contribution in [2.45, 2.75) is 32.9 Å². The molecule has 1 N–H and O–H groups in total. The second-order valence-corrected chi connectivity index (χ2v) is 7.66. The van der Waals surface area contributed by atoms with Crippen LogP contribution in [-0.2, 0) is 9.84 Å². The summed E-state index contributed by atoms with van der Waals surface area (Å²) < 4.78 is 25.7. The van der Waals surface area contributed by atoms with Crippen molar-refractivity contribution in [2.75, 3.05) is 18.6 Å². The van der Waals surface area contributed by atoms with Gasteiger partial charge in [0.25, 0.3) is 0 Å². The minimum absolute atomic E-state index is 0.0673. The molecule has 1 atom stereocenters. The summed E-state index contributed by atoms with van der Waals surface area (Å²) in [6, 6.07) is -0.0590. The maximum Gasteiger partial charge on any atom is 0.149 e. The molecule has 0 aliphatic heterocycles. The summed E-state index contributed by atoms with van der Waals surface area (Å²) in [6.07, 6.45) is 2.96. The first-order valence-electron chi connectivity index (χ1n) is 5.90. The Kier molecular flexibility index (Phi) is 5.36. The molecule has 1 unspecified atom stereocenters. The molecule has 0 amide bonds. The Balaban J connectivity index is 3.16. The highest BCUT2D eigenvalue weighted by molar-refractivity contribution is 9.10. The number of hydrogen-bond acceptors (Lipinski definition) is 4. The van der Waals surface area contributed by atoms with E-state index in [9.17, 15) is 8.42 Å². The molecule has 0 aliphatic carbocycles. The first-order chi connectivity index (χ1) is 8.26. The summed E-state index contributed by atoms with van der Waals surface area (Å²) in [5.74, 6) is 0.0673. The van der Waals surface area contributed by atoms with Crippen molar-refractivity contribution in [3.8, 4) is 0 Å². The normalized spacial score (nSPS) is 14.1. The Bertz CT molecular complexity index is 496. The second kappa shape index (κ2) is 6.16. The van der Waals surface area contributed by atoms with Crippen molar-refractivity contribution in [3.63, 3.8) is 0 Å². The van der Waals surface area contributed by atoms with Gasteiger partial charge in [0.05, 0.1) is 28.2 Å². The van der Waals surface area contributed by atoms with Crippen LogP contribution in [0.5, 0.6) is 0 Å². The van der Waals surface area contributed by atoms with Gasteiger partial charge in [0.15, 0.2) is 0 Å². The first-order valence-corrected chi connectivity index (χ1v) is 8.75. The monoisotopic (exact) mass is 337 g/mol. The molecule has 0 fully saturated rings. The number of nitrogens with one attached hydrogen (secondary N) is 1. The number of nitrogens with zero attached hydrogens (tertiary/aromatic N) is 2. The quantitative estimate of drug-likeness (QED) is 0.861. The van der Waals surface area contributed by atoms with Crippen LogP contribution in [0.4, 0.5) is 0 Å². The number of halogens is 1. The molecule has 5 nitrogen and oxygen atoms in total. The maximum atomic E-state index is 11.5. The molecule has 18 heavy (non-hydrogen) atoms. The van der Waals surface area contributed by atoms with E-state index in [-0.39, 0.29) is 17.8 Å². The number of aromatic nitrogens is 2. The van der Waals surface area contributed by atoms with Crippen LogP contribution in [0, 0.1) is 0 Å². The van der Waals surface area contributed by atoms with Gasteiger partial charge in [-0.1, -0.05) is 6.92 Å². The summed E-state index contributed by atoms with van der Waals surface area (Å²) >= 11 is 3.45. The lowest BCUT2D eigenvalue weighted by Crippen LogP contribution is -2.30. The molecule has 7 heteroatoms. The molecule has 0 saturated heterocycles. The largest absolute Gasteiger partial charge is 0.308 e. The molecule has 1 aromatic heterocycles. The van der Waals surface area contributed by atoms with E-state index in [1.54, 1.807) is 6.20 Å². The minimum Gasteiger partial charge on any atom is -0.308 e. The topological polar surface area (TPSA) is 64.0 Å². The third-order valence-corrected chi connectivity index (χ3v) is 4.08. The van der Waals surface area contributed by atoms with E-state index in [1.807, 2.05) is 25.5 Å². The van der Waals surface area contributed by atoms with Gasteiger partial charge in [0.2, 0.25) is 0 Å². The van der Waals surface area contributed by atoms with Crippen LogP contribution in [0.1, 0.15) is 38.5 Å². The van der Waals surface area contributed by atoms with Crippen molar-refractivity contribution < 1.29 is 8.42 Å². The molecular formula is C11H20BrN3O2S.